The van der Waals surface area contributed by atoms with Crippen LogP contribution in [0.1, 0.15) is 30.0 Å². The van der Waals surface area contributed by atoms with Crippen LogP contribution in [-0.4, -0.2) is 41.3 Å². The molecule has 1 aromatic heterocycles. The van der Waals surface area contributed by atoms with Gasteiger partial charge in [0.25, 0.3) is 0 Å². The molecule has 0 aliphatic carbocycles. The van der Waals surface area contributed by atoms with E-state index in [0.29, 0.717) is 16.8 Å². The van der Waals surface area contributed by atoms with Crippen molar-refractivity contribution >= 4 is 17.3 Å². The number of nitrogens with zero attached hydrogens (tertiary/aromatic N) is 4. The van der Waals surface area contributed by atoms with Gasteiger partial charge in [0.05, 0.1) is 6.04 Å². The van der Waals surface area contributed by atoms with E-state index in [-0.39, 0.29) is 6.04 Å². The Labute approximate surface area is 170 Å². The lowest BCUT2D eigenvalue weighted by molar-refractivity contribution is 0.173. The van der Waals surface area contributed by atoms with Crippen molar-refractivity contribution in [2.24, 2.45) is 0 Å². The molecule has 0 spiro atoms. The van der Waals surface area contributed by atoms with Crippen molar-refractivity contribution in [3.8, 4) is 11.5 Å². The molecule has 1 fully saturated rings. The molecule has 1 unspecified atom stereocenters. The van der Waals surface area contributed by atoms with Gasteiger partial charge in [0, 0.05) is 42.5 Å². The second-order valence-electron chi connectivity index (χ2n) is 7.37. The summed E-state index contributed by atoms with van der Waals surface area (Å²) in [4.78, 5) is 4.87. The van der Waals surface area contributed by atoms with Crippen LogP contribution in [0.25, 0.3) is 11.5 Å². The van der Waals surface area contributed by atoms with E-state index >= 15 is 0 Å². The first-order chi connectivity index (χ1) is 13.5. The molecule has 0 N–H and O–H groups in total. The number of aromatic nitrogens is 2. The summed E-state index contributed by atoms with van der Waals surface area (Å²) in [6.45, 7) is 10.4. The largest absolute Gasteiger partial charge is 0.419 e. The topological polar surface area (TPSA) is 45.4 Å². The molecular weight excluding hydrogens is 372 g/mol. The van der Waals surface area contributed by atoms with Gasteiger partial charge < -0.3 is 9.32 Å². The minimum Gasteiger partial charge on any atom is -0.419 e. The van der Waals surface area contributed by atoms with Crippen molar-refractivity contribution in [3.05, 3.63) is 64.5 Å². The van der Waals surface area contributed by atoms with E-state index in [9.17, 15) is 0 Å². The molecule has 4 rings (SSSR count). The van der Waals surface area contributed by atoms with Crippen LogP contribution in [0.15, 0.2) is 46.9 Å². The van der Waals surface area contributed by atoms with E-state index in [1.165, 1.54) is 16.8 Å². The molecule has 0 amide bonds. The Bertz CT molecular complexity index is 963. The Kier molecular flexibility index (Phi) is 5.38. The smallest absolute Gasteiger partial charge is 0.247 e. The van der Waals surface area contributed by atoms with E-state index in [1.807, 2.05) is 24.3 Å². The Balaban J connectivity index is 1.43. The Morgan fingerprint density at radius 2 is 1.75 bits per heavy atom. The second kappa shape index (κ2) is 7.94. The molecule has 3 aromatic rings. The monoisotopic (exact) mass is 396 g/mol. The maximum Gasteiger partial charge on any atom is 0.247 e. The average Bonchev–Trinajstić information content (AvgIpc) is 3.20. The van der Waals surface area contributed by atoms with Crippen LogP contribution in [-0.2, 0) is 0 Å². The van der Waals surface area contributed by atoms with Crippen molar-refractivity contribution in [1.29, 1.82) is 0 Å². The third-order valence-electron chi connectivity index (χ3n) is 5.65. The van der Waals surface area contributed by atoms with Gasteiger partial charge in [-0.1, -0.05) is 29.8 Å². The molecule has 1 saturated heterocycles. The van der Waals surface area contributed by atoms with Crippen LogP contribution in [0.4, 0.5) is 5.69 Å². The number of piperazine rings is 1. The number of halogens is 1. The maximum absolute atomic E-state index is 6.07. The highest BCUT2D eigenvalue weighted by Crippen LogP contribution is 2.28. The molecule has 6 heteroatoms. The summed E-state index contributed by atoms with van der Waals surface area (Å²) in [5, 5.41) is 9.16. The van der Waals surface area contributed by atoms with Crippen molar-refractivity contribution in [2.75, 3.05) is 31.1 Å². The van der Waals surface area contributed by atoms with Gasteiger partial charge in [-0.3, -0.25) is 4.90 Å². The summed E-state index contributed by atoms with van der Waals surface area (Å²) in [5.41, 5.74) is 4.89. The lowest BCUT2D eigenvalue weighted by atomic mass is 10.1. The van der Waals surface area contributed by atoms with Crippen LogP contribution in [0.2, 0.25) is 5.02 Å². The van der Waals surface area contributed by atoms with Gasteiger partial charge in [-0.2, -0.15) is 0 Å². The van der Waals surface area contributed by atoms with Gasteiger partial charge in [-0.05, 0) is 56.2 Å². The zero-order chi connectivity index (χ0) is 19.7. The lowest BCUT2D eigenvalue weighted by Crippen LogP contribution is -2.47. The number of aryl methyl sites for hydroxylation is 1. The highest BCUT2D eigenvalue weighted by Gasteiger charge is 2.26. The normalized spacial score (nSPS) is 16.4. The molecule has 0 bridgehead atoms. The third kappa shape index (κ3) is 3.77. The third-order valence-corrected chi connectivity index (χ3v) is 5.88. The van der Waals surface area contributed by atoms with Gasteiger partial charge in [0.1, 0.15) is 0 Å². The molecule has 146 valence electrons. The zero-order valence-electron chi connectivity index (χ0n) is 16.5. The maximum atomic E-state index is 6.07. The molecule has 2 aromatic carbocycles. The Morgan fingerprint density at radius 3 is 2.50 bits per heavy atom. The van der Waals surface area contributed by atoms with Gasteiger partial charge in [0.15, 0.2) is 0 Å². The van der Waals surface area contributed by atoms with Crippen LogP contribution in [0, 0.1) is 13.8 Å². The Morgan fingerprint density at radius 1 is 1.00 bits per heavy atom. The number of hydrogen-bond donors (Lipinski definition) is 0. The van der Waals surface area contributed by atoms with Crippen molar-refractivity contribution in [3.63, 3.8) is 0 Å². The minimum absolute atomic E-state index is 0.0844. The van der Waals surface area contributed by atoms with Crippen molar-refractivity contribution < 1.29 is 4.42 Å². The van der Waals surface area contributed by atoms with Crippen molar-refractivity contribution in [1.82, 2.24) is 15.1 Å². The summed E-state index contributed by atoms with van der Waals surface area (Å²) in [6, 6.07) is 14.1. The van der Waals surface area contributed by atoms with Crippen molar-refractivity contribution in [2.45, 2.75) is 26.8 Å². The van der Waals surface area contributed by atoms with Crippen LogP contribution in [0.3, 0.4) is 0 Å². The first-order valence-corrected chi connectivity index (χ1v) is 10.1. The highest BCUT2D eigenvalue weighted by atomic mass is 35.5. The highest BCUT2D eigenvalue weighted by molar-refractivity contribution is 6.30. The standard InChI is InChI=1S/C22H25ClN4O/c1-15-6-4-9-20(16(15)2)27-12-10-26(11-13-27)17(3)21-24-25-22(28-21)18-7-5-8-19(23)14-18/h4-9,14,17H,10-13H2,1-3H3. The SMILES string of the molecule is Cc1cccc(N2CCN(C(C)c3nnc(-c4cccc(Cl)c4)o3)CC2)c1C. The van der Waals surface area contributed by atoms with E-state index in [0.717, 1.165) is 31.7 Å². The zero-order valence-corrected chi connectivity index (χ0v) is 17.3. The average molecular weight is 397 g/mol. The van der Waals surface area contributed by atoms with E-state index in [4.69, 9.17) is 16.0 Å². The number of anilines is 1. The number of rotatable bonds is 4. The summed E-state index contributed by atoms with van der Waals surface area (Å²) >= 11 is 6.07. The molecule has 0 radical (unpaired) electrons. The van der Waals surface area contributed by atoms with Crippen LogP contribution < -0.4 is 4.90 Å². The quantitative estimate of drug-likeness (QED) is 0.628. The van der Waals surface area contributed by atoms with Crippen LogP contribution in [0.5, 0.6) is 0 Å². The summed E-state index contributed by atoms with van der Waals surface area (Å²) in [6.07, 6.45) is 0. The fraction of sp³-hybridized carbons (Fsp3) is 0.364. The lowest BCUT2D eigenvalue weighted by Gasteiger charge is -2.38. The molecule has 5 nitrogen and oxygen atoms in total. The summed E-state index contributed by atoms with van der Waals surface area (Å²) in [5.74, 6) is 1.16. The number of benzene rings is 2. The summed E-state index contributed by atoms with van der Waals surface area (Å²) in [7, 11) is 0. The predicted octanol–water partition coefficient (Wildman–Crippen LogP) is 4.89. The van der Waals surface area contributed by atoms with Crippen LogP contribution >= 0.6 is 11.6 Å². The van der Waals surface area contributed by atoms with Gasteiger partial charge >= 0.3 is 0 Å². The minimum atomic E-state index is 0.0844. The fourth-order valence-corrected chi connectivity index (χ4v) is 3.92. The fourth-order valence-electron chi connectivity index (χ4n) is 3.73. The molecule has 1 aliphatic heterocycles. The molecule has 0 saturated carbocycles. The van der Waals surface area contributed by atoms with E-state index < -0.39 is 0 Å². The first kappa shape index (κ1) is 19.0. The Hall–Kier alpha value is -2.37. The molecular formula is C22H25ClN4O. The summed E-state index contributed by atoms with van der Waals surface area (Å²) < 4.78 is 5.95. The first-order valence-electron chi connectivity index (χ1n) is 9.67. The molecule has 28 heavy (non-hydrogen) atoms. The van der Waals surface area contributed by atoms with E-state index in [2.05, 4.69) is 59.0 Å². The number of hydrogen-bond acceptors (Lipinski definition) is 5. The molecule has 2 heterocycles. The van der Waals surface area contributed by atoms with Gasteiger partial charge in [-0.25, -0.2) is 0 Å². The van der Waals surface area contributed by atoms with E-state index in [1.54, 1.807) is 0 Å². The second-order valence-corrected chi connectivity index (χ2v) is 7.81. The molecule has 1 aliphatic rings. The van der Waals surface area contributed by atoms with Gasteiger partial charge in [0.2, 0.25) is 11.8 Å². The van der Waals surface area contributed by atoms with Gasteiger partial charge in [-0.15, -0.1) is 10.2 Å². The molecule has 1 atom stereocenters. The predicted molar refractivity (Wildman–Crippen MR) is 113 cm³/mol.